The first-order valence-electron chi connectivity index (χ1n) is 6.05. The van der Waals surface area contributed by atoms with Gasteiger partial charge >= 0.3 is 0 Å². The molecular weight excluding hydrogens is 216 g/mol. The first kappa shape index (κ1) is 15.7. The predicted molar refractivity (Wildman–Crippen MR) is 72.0 cm³/mol. The lowest BCUT2D eigenvalue weighted by Crippen LogP contribution is -2.19. The molecular formula is C13H26O2Si. The Kier molecular flexibility index (Phi) is 6.97. The molecule has 16 heavy (non-hydrogen) atoms. The Morgan fingerprint density at radius 2 is 1.62 bits per heavy atom. The van der Waals surface area contributed by atoms with E-state index in [9.17, 15) is 10.2 Å². The van der Waals surface area contributed by atoms with Gasteiger partial charge in [-0.05, 0) is 12.3 Å². The molecule has 0 saturated heterocycles. The maximum Gasteiger partial charge on any atom is 0.117 e. The second-order valence-corrected chi connectivity index (χ2v) is 11.6. The van der Waals surface area contributed by atoms with E-state index in [1.807, 2.05) is 0 Å². The number of rotatable bonds is 5. The summed E-state index contributed by atoms with van der Waals surface area (Å²) in [6.07, 6.45) is -0.00909. The third kappa shape index (κ3) is 10.2. The number of aliphatic hydroxyl groups is 2. The zero-order valence-corrected chi connectivity index (χ0v) is 12.2. The van der Waals surface area contributed by atoms with Crippen molar-refractivity contribution >= 4 is 8.07 Å². The summed E-state index contributed by atoms with van der Waals surface area (Å²) in [5.41, 5.74) is 0. The molecule has 0 amide bonds. The Labute approximate surface area is 101 Å². The van der Waals surface area contributed by atoms with Crippen LogP contribution in [0.15, 0.2) is 0 Å². The van der Waals surface area contributed by atoms with Crippen molar-refractivity contribution in [2.75, 3.05) is 0 Å². The fourth-order valence-corrected chi connectivity index (χ4v) is 2.02. The molecule has 0 bridgehead atoms. The maximum absolute atomic E-state index is 9.63. The van der Waals surface area contributed by atoms with Crippen molar-refractivity contribution in [1.29, 1.82) is 0 Å². The third-order valence-corrected chi connectivity index (χ3v) is 3.36. The smallest absolute Gasteiger partial charge is 0.117 e. The molecule has 0 aromatic carbocycles. The van der Waals surface area contributed by atoms with Crippen molar-refractivity contribution in [2.45, 2.75) is 64.6 Å². The molecule has 2 N–H and O–H groups in total. The second-order valence-electron chi connectivity index (χ2n) is 6.09. The zero-order valence-electron chi connectivity index (χ0n) is 11.2. The lowest BCUT2D eigenvalue weighted by Gasteiger charge is -2.14. The lowest BCUT2D eigenvalue weighted by molar-refractivity contribution is 0.0921. The van der Waals surface area contributed by atoms with Crippen LogP contribution in [-0.2, 0) is 0 Å². The topological polar surface area (TPSA) is 40.5 Å². The van der Waals surface area contributed by atoms with Gasteiger partial charge < -0.3 is 10.2 Å². The fourth-order valence-electron chi connectivity index (χ4n) is 1.39. The van der Waals surface area contributed by atoms with Gasteiger partial charge in [0.1, 0.15) is 6.10 Å². The van der Waals surface area contributed by atoms with Crippen LogP contribution < -0.4 is 0 Å². The SMILES string of the molecule is CC(C)C[C@@H](O)C[C@@H](O)C#CC[Si](C)(C)C. The second kappa shape index (κ2) is 7.11. The van der Waals surface area contributed by atoms with Gasteiger partial charge in [0.25, 0.3) is 0 Å². The van der Waals surface area contributed by atoms with Gasteiger partial charge in [-0.2, -0.15) is 0 Å². The Bertz CT molecular complexity index is 245. The summed E-state index contributed by atoms with van der Waals surface area (Å²) in [6, 6.07) is 0.907. The van der Waals surface area contributed by atoms with Gasteiger partial charge in [-0.1, -0.05) is 39.4 Å². The van der Waals surface area contributed by atoms with Crippen LogP contribution in [0.2, 0.25) is 25.7 Å². The quantitative estimate of drug-likeness (QED) is 0.574. The monoisotopic (exact) mass is 242 g/mol. The molecule has 0 fully saturated rings. The Morgan fingerprint density at radius 1 is 1.06 bits per heavy atom. The van der Waals surface area contributed by atoms with Crippen molar-refractivity contribution < 1.29 is 10.2 Å². The van der Waals surface area contributed by atoms with Crippen LogP contribution in [-0.4, -0.2) is 30.5 Å². The number of hydrogen-bond donors (Lipinski definition) is 2. The standard InChI is InChI=1S/C13H26O2Si/c1-11(2)9-13(15)10-12(14)7-6-8-16(3,4)5/h11-15H,8-10H2,1-5H3/t12-,13+/m0/s1. The van der Waals surface area contributed by atoms with E-state index in [1.165, 1.54) is 0 Å². The molecule has 2 atom stereocenters. The van der Waals surface area contributed by atoms with E-state index in [-0.39, 0.29) is 0 Å². The highest BCUT2D eigenvalue weighted by atomic mass is 28.3. The van der Waals surface area contributed by atoms with E-state index in [1.54, 1.807) is 0 Å². The largest absolute Gasteiger partial charge is 0.393 e. The van der Waals surface area contributed by atoms with Gasteiger partial charge in [0.2, 0.25) is 0 Å². The molecule has 3 heteroatoms. The van der Waals surface area contributed by atoms with Crippen molar-refractivity contribution in [3.8, 4) is 11.8 Å². The highest BCUT2D eigenvalue weighted by Gasteiger charge is 2.12. The highest BCUT2D eigenvalue weighted by molar-refractivity contribution is 6.76. The number of hydrogen-bond acceptors (Lipinski definition) is 2. The molecule has 0 aromatic heterocycles. The van der Waals surface area contributed by atoms with Crippen LogP contribution in [0.25, 0.3) is 0 Å². The summed E-state index contributed by atoms with van der Waals surface area (Å²) in [5, 5.41) is 19.2. The first-order chi connectivity index (χ1) is 7.20. The average Bonchev–Trinajstić information content (AvgIpc) is 1.98. The minimum absolute atomic E-state index is 0.372. The average molecular weight is 242 g/mol. The van der Waals surface area contributed by atoms with E-state index in [0.717, 1.165) is 12.5 Å². The van der Waals surface area contributed by atoms with E-state index >= 15 is 0 Å². The molecule has 0 rings (SSSR count). The normalized spacial score (nSPS) is 15.5. The van der Waals surface area contributed by atoms with Crippen molar-refractivity contribution in [2.24, 2.45) is 5.92 Å². The minimum Gasteiger partial charge on any atom is -0.393 e. The Morgan fingerprint density at radius 3 is 2.06 bits per heavy atom. The molecule has 0 radical (unpaired) electrons. The van der Waals surface area contributed by atoms with Gasteiger partial charge in [-0.3, -0.25) is 0 Å². The molecule has 0 aliphatic carbocycles. The fraction of sp³-hybridized carbons (Fsp3) is 0.846. The molecule has 0 saturated carbocycles. The summed E-state index contributed by atoms with van der Waals surface area (Å²) >= 11 is 0. The van der Waals surface area contributed by atoms with E-state index in [2.05, 4.69) is 45.3 Å². The highest BCUT2D eigenvalue weighted by Crippen LogP contribution is 2.10. The van der Waals surface area contributed by atoms with Crippen molar-refractivity contribution in [1.82, 2.24) is 0 Å². The van der Waals surface area contributed by atoms with E-state index in [0.29, 0.717) is 12.3 Å². The van der Waals surface area contributed by atoms with Crippen LogP contribution in [0.4, 0.5) is 0 Å². The van der Waals surface area contributed by atoms with Crippen LogP contribution in [0.5, 0.6) is 0 Å². The predicted octanol–water partition coefficient (Wildman–Crippen LogP) is 2.49. The summed E-state index contributed by atoms with van der Waals surface area (Å²) in [7, 11) is -1.14. The van der Waals surface area contributed by atoms with Gasteiger partial charge in [0.05, 0.1) is 14.2 Å². The molecule has 94 valence electrons. The molecule has 0 spiro atoms. The summed E-state index contributed by atoms with van der Waals surface area (Å²) < 4.78 is 0. The van der Waals surface area contributed by atoms with Crippen LogP contribution in [0.1, 0.15) is 26.7 Å². The molecule has 0 unspecified atom stereocenters. The van der Waals surface area contributed by atoms with Gasteiger partial charge in [0, 0.05) is 12.5 Å². The van der Waals surface area contributed by atoms with Crippen LogP contribution in [0.3, 0.4) is 0 Å². The lowest BCUT2D eigenvalue weighted by atomic mass is 10.0. The Hall–Kier alpha value is -0.303. The van der Waals surface area contributed by atoms with Crippen LogP contribution in [0, 0.1) is 17.8 Å². The van der Waals surface area contributed by atoms with Gasteiger partial charge in [-0.25, -0.2) is 0 Å². The van der Waals surface area contributed by atoms with E-state index < -0.39 is 20.3 Å². The maximum atomic E-state index is 9.63. The minimum atomic E-state index is -1.14. The van der Waals surface area contributed by atoms with Gasteiger partial charge in [0.15, 0.2) is 0 Å². The summed E-state index contributed by atoms with van der Waals surface area (Å²) in [6.45, 7) is 10.9. The van der Waals surface area contributed by atoms with E-state index in [4.69, 9.17) is 0 Å². The van der Waals surface area contributed by atoms with Crippen LogP contribution >= 0.6 is 0 Å². The summed E-state index contributed by atoms with van der Waals surface area (Å²) in [4.78, 5) is 0. The third-order valence-electron chi connectivity index (χ3n) is 2.13. The number of aliphatic hydroxyl groups excluding tert-OH is 2. The molecule has 0 heterocycles. The van der Waals surface area contributed by atoms with Crippen molar-refractivity contribution in [3.05, 3.63) is 0 Å². The molecule has 2 nitrogen and oxygen atoms in total. The summed E-state index contributed by atoms with van der Waals surface area (Å²) in [5.74, 6) is 6.31. The Balaban J connectivity index is 3.93. The molecule has 0 aromatic rings. The first-order valence-corrected chi connectivity index (χ1v) is 9.76. The van der Waals surface area contributed by atoms with Gasteiger partial charge in [-0.15, -0.1) is 5.92 Å². The molecule has 0 aliphatic rings. The zero-order chi connectivity index (χ0) is 12.8. The van der Waals surface area contributed by atoms with Crippen molar-refractivity contribution in [3.63, 3.8) is 0 Å². The molecule has 0 aliphatic heterocycles.